The second-order valence-corrected chi connectivity index (χ2v) is 3.67. The van der Waals surface area contributed by atoms with Crippen molar-refractivity contribution < 1.29 is 24.9 Å². The lowest BCUT2D eigenvalue weighted by molar-refractivity contribution is 0.0688. The predicted molar refractivity (Wildman–Crippen MR) is 61.8 cm³/mol. The first kappa shape index (κ1) is 13.2. The Kier molecular flexibility index (Phi) is 4.63. The van der Waals surface area contributed by atoms with Crippen molar-refractivity contribution in [3.8, 4) is 17.2 Å². The van der Waals surface area contributed by atoms with Crippen LogP contribution >= 0.6 is 0 Å². The van der Waals surface area contributed by atoms with Gasteiger partial charge in [0, 0.05) is 0 Å². The van der Waals surface area contributed by atoms with Crippen LogP contribution in [0.3, 0.4) is 0 Å². The van der Waals surface area contributed by atoms with E-state index in [9.17, 15) is 15.0 Å². The van der Waals surface area contributed by atoms with E-state index in [0.29, 0.717) is 6.61 Å². The number of phenolic OH excluding ortho intramolecular Hbond substituents is 1. The number of carboxylic acids is 1. The number of rotatable bonds is 6. The zero-order chi connectivity index (χ0) is 12.8. The highest BCUT2D eigenvalue weighted by atomic mass is 16.5. The zero-order valence-corrected chi connectivity index (χ0v) is 9.64. The molecule has 0 spiro atoms. The maximum Gasteiger partial charge on any atom is 0.343 e. The van der Waals surface area contributed by atoms with Crippen molar-refractivity contribution in [2.75, 3.05) is 6.61 Å². The molecule has 17 heavy (non-hydrogen) atoms. The minimum absolute atomic E-state index is 0.0731. The average molecular weight is 240 g/mol. The van der Waals surface area contributed by atoms with E-state index in [2.05, 4.69) is 6.92 Å². The van der Waals surface area contributed by atoms with E-state index >= 15 is 0 Å². The lowest BCUT2D eigenvalue weighted by Crippen LogP contribution is -2.05. The molecule has 3 N–H and O–H groups in total. The highest BCUT2D eigenvalue weighted by Crippen LogP contribution is 2.35. The highest BCUT2D eigenvalue weighted by molar-refractivity contribution is 5.95. The standard InChI is InChI=1S/C12H16O5/c1-2-3-4-7-17-9-6-5-8(13)11(14)10(9)12(15)16/h5-6,13-14H,2-4,7H2,1H3,(H,15,16). The number of hydrogen-bond donors (Lipinski definition) is 3. The summed E-state index contributed by atoms with van der Waals surface area (Å²) in [5, 5.41) is 27.6. The van der Waals surface area contributed by atoms with Crippen LogP contribution in [0.1, 0.15) is 36.5 Å². The van der Waals surface area contributed by atoms with Crippen LogP contribution in [0, 0.1) is 0 Å². The van der Waals surface area contributed by atoms with Gasteiger partial charge in [0.2, 0.25) is 0 Å². The molecule has 5 heteroatoms. The summed E-state index contributed by atoms with van der Waals surface area (Å²) in [5.41, 5.74) is -0.401. The highest BCUT2D eigenvalue weighted by Gasteiger charge is 2.19. The molecule has 0 unspecified atom stereocenters. The smallest absolute Gasteiger partial charge is 0.343 e. The van der Waals surface area contributed by atoms with Crippen molar-refractivity contribution >= 4 is 5.97 Å². The van der Waals surface area contributed by atoms with Crippen LogP contribution in [0.2, 0.25) is 0 Å². The Morgan fingerprint density at radius 2 is 2.00 bits per heavy atom. The van der Waals surface area contributed by atoms with Gasteiger partial charge < -0.3 is 20.1 Å². The van der Waals surface area contributed by atoms with Crippen LogP contribution in [0.15, 0.2) is 12.1 Å². The topological polar surface area (TPSA) is 87.0 Å². The Labute approximate surface area is 99.3 Å². The molecule has 0 aliphatic carbocycles. The molecule has 1 aromatic carbocycles. The number of hydrogen-bond acceptors (Lipinski definition) is 4. The average Bonchev–Trinajstić information content (AvgIpc) is 2.28. The summed E-state index contributed by atoms with van der Waals surface area (Å²) in [6.07, 6.45) is 2.85. The molecule has 0 saturated heterocycles. The Bertz CT molecular complexity index is 400. The molecule has 0 heterocycles. The van der Waals surface area contributed by atoms with Crippen molar-refractivity contribution in [3.05, 3.63) is 17.7 Å². The van der Waals surface area contributed by atoms with Crippen LogP contribution in [0.4, 0.5) is 0 Å². The summed E-state index contributed by atoms with van der Waals surface area (Å²) >= 11 is 0. The van der Waals surface area contributed by atoms with E-state index in [-0.39, 0.29) is 5.75 Å². The van der Waals surface area contributed by atoms with Gasteiger partial charge in [0.15, 0.2) is 11.5 Å². The Morgan fingerprint density at radius 3 is 2.59 bits per heavy atom. The summed E-state index contributed by atoms with van der Waals surface area (Å²) < 4.78 is 5.28. The molecule has 0 aliphatic heterocycles. The van der Waals surface area contributed by atoms with E-state index < -0.39 is 23.0 Å². The van der Waals surface area contributed by atoms with Gasteiger partial charge in [0.25, 0.3) is 0 Å². The maximum absolute atomic E-state index is 10.9. The number of unbranched alkanes of at least 4 members (excludes halogenated alkanes) is 2. The van der Waals surface area contributed by atoms with Gasteiger partial charge in [-0.2, -0.15) is 0 Å². The third kappa shape index (κ3) is 3.27. The van der Waals surface area contributed by atoms with E-state index in [1.165, 1.54) is 12.1 Å². The first-order valence-electron chi connectivity index (χ1n) is 5.49. The zero-order valence-electron chi connectivity index (χ0n) is 9.64. The monoisotopic (exact) mass is 240 g/mol. The minimum Gasteiger partial charge on any atom is -0.504 e. The molecule has 5 nitrogen and oxygen atoms in total. The number of benzene rings is 1. The van der Waals surface area contributed by atoms with Gasteiger partial charge >= 0.3 is 5.97 Å². The van der Waals surface area contributed by atoms with E-state index in [1.807, 2.05) is 0 Å². The summed E-state index contributed by atoms with van der Waals surface area (Å²) in [6, 6.07) is 2.54. The molecule has 0 aliphatic rings. The van der Waals surface area contributed by atoms with E-state index in [4.69, 9.17) is 9.84 Å². The molecule has 0 saturated carbocycles. The predicted octanol–water partition coefficient (Wildman–Crippen LogP) is 2.37. The fourth-order valence-corrected chi connectivity index (χ4v) is 1.42. The van der Waals surface area contributed by atoms with E-state index in [1.54, 1.807) is 0 Å². The van der Waals surface area contributed by atoms with Gasteiger partial charge in [-0.15, -0.1) is 0 Å². The number of carboxylic acid groups (broad SMARTS) is 1. The first-order chi connectivity index (χ1) is 8.07. The molecule has 0 amide bonds. The van der Waals surface area contributed by atoms with Crippen LogP contribution in [-0.2, 0) is 0 Å². The number of aromatic carboxylic acids is 1. The quantitative estimate of drug-likeness (QED) is 0.525. The Hall–Kier alpha value is -1.91. The second kappa shape index (κ2) is 5.98. The van der Waals surface area contributed by atoms with Gasteiger partial charge in [-0.3, -0.25) is 0 Å². The largest absolute Gasteiger partial charge is 0.504 e. The van der Waals surface area contributed by atoms with Gasteiger partial charge in [0.1, 0.15) is 11.3 Å². The van der Waals surface area contributed by atoms with Gasteiger partial charge in [-0.05, 0) is 18.6 Å². The molecule has 0 atom stereocenters. The third-order valence-electron chi connectivity index (χ3n) is 2.34. The van der Waals surface area contributed by atoms with Gasteiger partial charge in [-0.25, -0.2) is 4.79 Å². The molecule has 1 rings (SSSR count). The Morgan fingerprint density at radius 1 is 1.29 bits per heavy atom. The number of ether oxygens (including phenoxy) is 1. The summed E-state index contributed by atoms with van der Waals surface area (Å²) in [7, 11) is 0. The molecule has 0 bridgehead atoms. The van der Waals surface area contributed by atoms with E-state index in [0.717, 1.165) is 19.3 Å². The normalized spacial score (nSPS) is 10.2. The lowest BCUT2D eigenvalue weighted by atomic mass is 10.1. The molecule has 0 aromatic heterocycles. The number of aromatic hydroxyl groups is 2. The maximum atomic E-state index is 10.9. The summed E-state index contributed by atoms with van der Waals surface area (Å²) in [5.74, 6) is -2.39. The molecule has 94 valence electrons. The molecule has 0 fully saturated rings. The fraction of sp³-hybridized carbons (Fsp3) is 0.417. The first-order valence-corrected chi connectivity index (χ1v) is 5.49. The third-order valence-corrected chi connectivity index (χ3v) is 2.34. The Balaban J connectivity index is 2.84. The van der Waals surface area contributed by atoms with Crippen LogP contribution < -0.4 is 4.74 Å². The van der Waals surface area contributed by atoms with Crippen LogP contribution in [0.25, 0.3) is 0 Å². The SMILES string of the molecule is CCCCCOc1ccc(O)c(O)c1C(=O)O. The molecule has 1 aromatic rings. The van der Waals surface area contributed by atoms with Gasteiger partial charge in [0.05, 0.1) is 6.61 Å². The molecule has 0 radical (unpaired) electrons. The number of carbonyl (C=O) groups is 1. The lowest BCUT2D eigenvalue weighted by Gasteiger charge is -2.10. The fourth-order valence-electron chi connectivity index (χ4n) is 1.42. The van der Waals surface area contributed by atoms with Crippen molar-refractivity contribution in [2.45, 2.75) is 26.2 Å². The molecular formula is C12H16O5. The van der Waals surface area contributed by atoms with Crippen molar-refractivity contribution in [2.24, 2.45) is 0 Å². The van der Waals surface area contributed by atoms with Gasteiger partial charge in [-0.1, -0.05) is 19.8 Å². The van der Waals surface area contributed by atoms with Crippen molar-refractivity contribution in [3.63, 3.8) is 0 Å². The van der Waals surface area contributed by atoms with Crippen molar-refractivity contribution in [1.29, 1.82) is 0 Å². The summed E-state index contributed by atoms with van der Waals surface area (Å²) in [6.45, 7) is 2.44. The summed E-state index contributed by atoms with van der Waals surface area (Å²) in [4.78, 5) is 10.9. The molecular weight excluding hydrogens is 224 g/mol. The minimum atomic E-state index is -1.33. The van der Waals surface area contributed by atoms with Crippen LogP contribution in [-0.4, -0.2) is 27.9 Å². The number of phenols is 2. The van der Waals surface area contributed by atoms with Crippen molar-refractivity contribution in [1.82, 2.24) is 0 Å². The second-order valence-electron chi connectivity index (χ2n) is 3.67. The van der Waals surface area contributed by atoms with Crippen LogP contribution in [0.5, 0.6) is 17.2 Å².